The van der Waals surface area contributed by atoms with Crippen LogP contribution in [-0.4, -0.2) is 60.9 Å². The molecule has 0 spiro atoms. The maximum Gasteiger partial charge on any atom is 0.243 e. The van der Waals surface area contributed by atoms with Gasteiger partial charge in [-0.05, 0) is 120 Å². The van der Waals surface area contributed by atoms with E-state index in [2.05, 4.69) is 73.2 Å². The fraction of sp³-hybridized carbons (Fsp3) is 0.273. The second kappa shape index (κ2) is 14.8. The molecule has 4 heterocycles. The van der Waals surface area contributed by atoms with Gasteiger partial charge in [-0.1, -0.05) is 59.6 Å². The summed E-state index contributed by atoms with van der Waals surface area (Å²) in [5, 5.41) is 4.81. The SMILES string of the molecule is Cc1cn(Cc2cccc(NC(=O)[C@H]3CN(C4c5ccc(Cl)cc5CCc5cccnc54)CCN3C3c4ccc(Cl)cc4CCc4cccnc43)c2)cn1. The first-order valence-corrected chi connectivity index (χ1v) is 19.5. The number of pyridine rings is 2. The van der Waals surface area contributed by atoms with Crippen LogP contribution in [0.1, 0.15) is 68.1 Å². The van der Waals surface area contributed by atoms with Crippen molar-refractivity contribution in [3.8, 4) is 0 Å². The van der Waals surface area contributed by atoms with Crippen molar-refractivity contribution < 1.29 is 4.79 Å². The molecule has 1 amide bonds. The molecule has 0 bridgehead atoms. The van der Waals surface area contributed by atoms with E-state index in [4.69, 9.17) is 33.2 Å². The standard InChI is InChI=1S/C44H41Cl2N7O/c1-28-24-51(27-49-28)25-29-5-2-8-36(21-29)50-44(54)39-26-52(42-37-15-13-34(45)22-32(37)11-9-30-6-3-17-47-40(30)42)19-20-53(39)43-38-16-14-35(46)23-33(38)12-10-31-7-4-18-48-41(31)43/h2-8,13-18,21-24,27,39,42-43H,9-12,19-20,25-26H2,1H3,(H,50,54)/t39-,42?,43?/m1/s1. The minimum Gasteiger partial charge on any atom is -0.333 e. The zero-order valence-electron chi connectivity index (χ0n) is 30.1. The number of aromatic nitrogens is 4. The lowest BCUT2D eigenvalue weighted by atomic mass is 9.92. The van der Waals surface area contributed by atoms with Crippen LogP contribution in [0.15, 0.2) is 110 Å². The van der Waals surface area contributed by atoms with Crippen molar-refractivity contribution in [3.05, 3.63) is 176 Å². The van der Waals surface area contributed by atoms with Gasteiger partial charge in [-0.15, -0.1) is 0 Å². The monoisotopic (exact) mass is 753 g/mol. The van der Waals surface area contributed by atoms with Crippen LogP contribution in [0.5, 0.6) is 0 Å². The number of anilines is 1. The molecule has 3 atom stereocenters. The molecule has 9 rings (SSSR count). The number of rotatable bonds is 6. The third-order valence-electron chi connectivity index (χ3n) is 11.3. The molecule has 10 heteroatoms. The molecule has 272 valence electrons. The second-order valence-corrected chi connectivity index (χ2v) is 15.6. The Bertz CT molecular complexity index is 2360. The van der Waals surface area contributed by atoms with Gasteiger partial charge in [0.05, 0.1) is 35.5 Å². The van der Waals surface area contributed by atoms with Gasteiger partial charge in [0.1, 0.15) is 6.04 Å². The number of nitrogens with zero attached hydrogens (tertiary/aromatic N) is 6. The highest BCUT2D eigenvalue weighted by atomic mass is 35.5. The van der Waals surface area contributed by atoms with E-state index >= 15 is 4.79 Å². The maximum atomic E-state index is 15.0. The third-order valence-corrected chi connectivity index (χ3v) is 11.7. The molecule has 1 aliphatic heterocycles. The number of piperazine rings is 1. The van der Waals surface area contributed by atoms with E-state index in [9.17, 15) is 0 Å². The Morgan fingerprint density at radius 2 is 1.39 bits per heavy atom. The minimum absolute atomic E-state index is 0.0567. The van der Waals surface area contributed by atoms with Gasteiger partial charge in [0.15, 0.2) is 0 Å². The zero-order chi connectivity index (χ0) is 36.8. The van der Waals surface area contributed by atoms with Crippen molar-refractivity contribution >= 4 is 34.8 Å². The van der Waals surface area contributed by atoms with Gasteiger partial charge in [0.2, 0.25) is 5.91 Å². The largest absolute Gasteiger partial charge is 0.333 e. The molecule has 2 aliphatic carbocycles. The molecule has 54 heavy (non-hydrogen) atoms. The van der Waals surface area contributed by atoms with Gasteiger partial charge in [-0.25, -0.2) is 4.98 Å². The van der Waals surface area contributed by atoms with E-state index in [1.165, 1.54) is 27.8 Å². The van der Waals surface area contributed by atoms with Crippen molar-refractivity contribution in [2.24, 2.45) is 0 Å². The third kappa shape index (κ3) is 6.84. The number of imidazole rings is 1. The van der Waals surface area contributed by atoms with E-state index in [0.717, 1.165) is 76.2 Å². The molecule has 0 saturated carbocycles. The molecular weight excluding hydrogens is 713 g/mol. The molecule has 1 fully saturated rings. The van der Waals surface area contributed by atoms with Gasteiger partial charge < -0.3 is 9.88 Å². The molecule has 2 unspecified atom stereocenters. The molecule has 8 nitrogen and oxygen atoms in total. The van der Waals surface area contributed by atoms with E-state index in [1.807, 2.05) is 68.2 Å². The van der Waals surface area contributed by atoms with Crippen LogP contribution in [0.3, 0.4) is 0 Å². The summed E-state index contributed by atoms with van der Waals surface area (Å²) in [6.45, 7) is 4.51. The lowest BCUT2D eigenvalue weighted by molar-refractivity contribution is -0.125. The summed E-state index contributed by atoms with van der Waals surface area (Å²) < 4.78 is 2.06. The van der Waals surface area contributed by atoms with Crippen molar-refractivity contribution in [3.63, 3.8) is 0 Å². The predicted molar refractivity (Wildman–Crippen MR) is 213 cm³/mol. The van der Waals surface area contributed by atoms with Gasteiger partial charge >= 0.3 is 0 Å². The summed E-state index contributed by atoms with van der Waals surface area (Å²) in [5.74, 6) is -0.0567. The first-order valence-electron chi connectivity index (χ1n) is 18.7. The van der Waals surface area contributed by atoms with E-state index in [-0.39, 0.29) is 18.0 Å². The molecule has 1 N–H and O–H groups in total. The van der Waals surface area contributed by atoms with Crippen LogP contribution < -0.4 is 5.32 Å². The van der Waals surface area contributed by atoms with Gasteiger partial charge in [0.25, 0.3) is 0 Å². The normalized spacial score (nSPS) is 19.8. The Morgan fingerprint density at radius 3 is 2.06 bits per heavy atom. The highest BCUT2D eigenvalue weighted by molar-refractivity contribution is 6.31. The van der Waals surface area contributed by atoms with Crippen molar-refractivity contribution in [1.82, 2.24) is 29.3 Å². The summed E-state index contributed by atoms with van der Waals surface area (Å²) in [7, 11) is 0. The summed E-state index contributed by atoms with van der Waals surface area (Å²) in [4.78, 5) is 34.3. The van der Waals surface area contributed by atoms with Crippen molar-refractivity contribution in [2.75, 3.05) is 25.0 Å². The van der Waals surface area contributed by atoms with Crippen LogP contribution in [0.4, 0.5) is 5.69 Å². The molecule has 0 radical (unpaired) electrons. The molecule has 6 aromatic rings. The Labute approximate surface area is 325 Å². The fourth-order valence-electron chi connectivity index (χ4n) is 8.81. The number of halogens is 2. The first kappa shape index (κ1) is 34.9. The summed E-state index contributed by atoms with van der Waals surface area (Å²) in [6, 6.07) is 28.1. The summed E-state index contributed by atoms with van der Waals surface area (Å²) in [5.41, 5.74) is 12.1. The number of hydrogen-bond acceptors (Lipinski definition) is 6. The minimum atomic E-state index is -0.522. The number of amides is 1. The Hall–Kier alpha value is -4.86. The van der Waals surface area contributed by atoms with E-state index < -0.39 is 6.04 Å². The molecular formula is C44H41Cl2N7O. The average molecular weight is 755 g/mol. The highest BCUT2D eigenvalue weighted by Crippen LogP contribution is 2.42. The van der Waals surface area contributed by atoms with Gasteiger partial charge in [-0.3, -0.25) is 24.6 Å². The number of carbonyl (C=O) groups excluding carboxylic acids is 1. The van der Waals surface area contributed by atoms with Crippen molar-refractivity contribution in [2.45, 2.75) is 57.3 Å². The number of hydrogen-bond donors (Lipinski definition) is 1. The highest BCUT2D eigenvalue weighted by Gasteiger charge is 2.43. The Morgan fingerprint density at radius 1 is 0.741 bits per heavy atom. The number of fused-ring (bicyclic) bond motifs is 4. The maximum absolute atomic E-state index is 15.0. The topological polar surface area (TPSA) is 79.2 Å². The van der Waals surface area contributed by atoms with Crippen LogP contribution in [0.25, 0.3) is 0 Å². The zero-order valence-corrected chi connectivity index (χ0v) is 31.6. The van der Waals surface area contributed by atoms with E-state index in [0.29, 0.717) is 19.6 Å². The fourth-order valence-corrected chi connectivity index (χ4v) is 9.20. The number of aryl methyl sites for hydroxylation is 5. The van der Waals surface area contributed by atoms with E-state index in [1.54, 1.807) is 0 Å². The lowest BCUT2D eigenvalue weighted by Crippen LogP contribution is -2.59. The quantitative estimate of drug-likeness (QED) is 0.186. The summed E-state index contributed by atoms with van der Waals surface area (Å²) in [6.07, 6.45) is 11.1. The Balaban J connectivity index is 1.12. The summed E-state index contributed by atoms with van der Waals surface area (Å²) >= 11 is 13.2. The number of nitrogens with one attached hydrogen (secondary N) is 1. The van der Waals surface area contributed by atoms with Crippen molar-refractivity contribution in [1.29, 1.82) is 0 Å². The lowest BCUT2D eigenvalue weighted by Gasteiger charge is -2.47. The van der Waals surface area contributed by atoms with Crippen LogP contribution in [0.2, 0.25) is 10.0 Å². The second-order valence-electron chi connectivity index (χ2n) is 14.7. The number of benzene rings is 3. The molecule has 1 saturated heterocycles. The first-order chi connectivity index (χ1) is 26.4. The molecule has 3 aromatic carbocycles. The molecule has 3 aliphatic rings. The Kier molecular flexibility index (Phi) is 9.53. The number of carbonyl (C=O) groups is 1. The van der Waals surface area contributed by atoms with Crippen LogP contribution in [0, 0.1) is 6.92 Å². The van der Waals surface area contributed by atoms with Gasteiger partial charge in [-0.2, -0.15) is 0 Å². The van der Waals surface area contributed by atoms with Crippen LogP contribution in [-0.2, 0) is 37.0 Å². The average Bonchev–Trinajstić information content (AvgIpc) is 3.42. The smallest absolute Gasteiger partial charge is 0.243 e. The van der Waals surface area contributed by atoms with Gasteiger partial charge in [0, 0.05) is 60.5 Å². The predicted octanol–water partition coefficient (Wildman–Crippen LogP) is 8.04. The van der Waals surface area contributed by atoms with Crippen LogP contribution >= 0.6 is 23.2 Å². The molecule has 3 aromatic heterocycles.